The number of anilines is 1. The molecule has 0 radical (unpaired) electrons. The number of hydrogen-bond acceptors (Lipinski definition) is 7. The minimum Gasteiger partial charge on any atom is -0.474 e. The molecule has 1 aliphatic carbocycles. The third kappa shape index (κ3) is 4.82. The van der Waals surface area contributed by atoms with E-state index in [9.17, 15) is 17.9 Å². The van der Waals surface area contributed by atoms with Gasteiger partial charge >= 0.3 is 0 Å². The minimum atomic E-state index is -4.08. The summed E-state index contributed by atoms with van der Waals surface area (Å²) in [5.74, 6) is -0.0343. The Kier molecular flexibility index (Phi) is 6.12. The van der Waals surface area contributed by atoms with Gasteiger partial charge in [0.1, 0.15) is 22.2 Å². The highest BCUT2D eigenvalue weighted by molar-refractivity contribution is 7.92. The fourth-order valence-electron chi connectivity index (χ4n) is 4.13. The summed E-state index contributed by atoms with van der Waals surface area (Å²) in [5.41, 5.74) is 2.15. The number of H-pyrrole nitrogens is 1. The average molecular weight is 498 g/mol. The first-order chi connectivity index (χ1) is 16.8. The first-order valence-corrected chi connectivity index (χ1v) is 12.7. The van der Waals surface area contributed by atoms with Gasteiger partial charge in [-0.25, -0.2) is 17.8 Å². The number of aryl methyl sites for hydroxylation is 1. The van der Waals surface area contributed by atoms with Crippen LogP contribution >= 0.6 is 0 Å². The maximum Gasteiger partial charge on any atom is 0.264 e. The molecule has 9 nitrogen and oxygen atoms in total. The van der Waals surface area contributed by atoms with Crippen LogP contribution in [0.4, 0.5) is 10.1 Å². The Morgan fingerprint density at radius 3 is 2.49 bits per heavy atom. The summed E-state index contributed by atoms with van der Waals surface area (Å²) in [6.45, 7) is 1.87. The molecule has 3 N–H and O–H groups in total. The largest absolute Gasteiger partial charge is 0.474 e. The summed E-state index contributed by atoms with van der Waals surface area (Å²) in [5, 5.41) is 17.7. The number of hydrogen-bond donors (Lipinski definition) is 3. The third-order valence-corrected chi connectivity index (χ3v) is 7.42. The second-order valence-corrected chi connectivity index (χ2v) is 10.2. The van der Waals surface area contributed by atoms with Gasteiger partial charge in [-0.2, -0.15) is 10.1 Å². The van der Waals surface area contributed by atoms with Crippen molar-refractivity contribution in [2.24, 2.45) is 0 Å². The van der Waals surface area contributed by atoms with E-state index in [1.54, 1.807) is 24.3 Å². The van der Waals surface area contributed by atoms with Crippen LogP contribution < -0.4 is 9.46 Å². The quantitative estimate of drug-likeness (QED) is 0.368. The maximum absolute atomic E-state index is 14.0. The van der Waals surface area contributed by atoms with Gasteiger partial charge in [-0.05, 0) is 69.0 Å². The Balaban J connectivity index is 1.42. The van der Waals surface area contributed by atoms with Gasteiger partial charge < -0.3 is 9.84 Å². The number of aromatic nitrogens is 4. The first-order valence-electron chi connectivity index (χ1n) is 11.3. The van der Waals surface area contributed by atoms with Gasteiger partial charge in [-0.3, -0.25) is 9.82 Å². The summed E-state index contributed by atoms with van der Waals surface area (Å²) < 4.78 is 47.7. The highest BCUT2D eigenvalue weighted by Crippen LogP contribution is 2.31. The van der Waals surface area contributed by atoms with Crippen molar-refractivity contribution in [2.45, 2.75) is 49.7 Å². The lowest BCUT2D eigenvalue weighted by Gasteiger charge is -2.26. The van der Waals surface area contributed by atoms with Crippen LogP contribution in [0.2, 0.25) is 0 Å². The van der Waals surface area contributed by atoms with Crippen LogP contribution in [0.15, 0.2) is 53.4 Å². The van der Waals surface area contributed by atoms with Crippen LogP contribution in [0.3, 0.4) is 0 Å². The van der Waals surface area contributed by atoms with Crippen molar-refractivity contribution in [2.75, 3.05) is 4.72 Å². The minimum absolute atomic E-state index is 0.0613. The SMILES string of the molecule is Cc1[nH]nc2nc(-c3ccc(NS(=O)(=O)c4ccccc4F)cc3)nc(OC3CCC(O)CC3)c12. The van der Waals surface area contributed by atoms with E-state index < -0.39 is 20.7 Å². The second kappa shape index (κ2) is 9.23. The molecule has 0 saturated heterocycles. The molecule has 1 fully saturated rings. The molecule has 2 aromatic heterocycles. The van der Waals surface area contributed by atoms with E-state index in [-0.39, 0.29) is 17.9 Å². The van der Waals surface area contributed by atoms with Crippen LogP contribution in [0.5, 0.6) is 5.88 Å². The average Bonchev–Trinajstić information content (AvgIpc) is 3.22. The zero-order chi connectivity index (χ0) is 24.6. The lowest BCUT2D eigenvalue weighted by molar-refractivity contribution is 0.0652. The topological polar surface area (TPSA) is 130 Å². The Morgan fingerprint density at radius 2 is 1.77 bits per heavy atom. The van der Waals surface area contributed by atoms with E-state index in [2.05, 4.69) is 24.9 Å². The number of aliphatic hydroxyl groups is 1. The maximum atomic E-state index is 14.0. The van der Waals surface area contributed by atoms with E-state index in [0.29, 0.717) is 41.1 Å². The van der Waals surface area contributed by atoms with Gasteiger partial charge in [-0.15, -0.1) is 0 Å². The number of fused-ring (bicyclic) bond motifs is 1. The van der Waals surface area contributed by atoms with E-state index in [1.165, 1.54) is 18.2 Å². The first kappa shape index (κ1) is 23.2. The monoisotopic (exact) mass is 497 g/mol. The Hall–Kier alpha value is -3.57. The highest BCUT2D eigenvalue weighted by atomic mass is 32.2. The molecule has 1 aliphatic rings. The molecule has 11 heteroatoms. The molecule has 0 amide bonds. The Labute approximate surface area is 201 Å². The Morgan fingerprint density at radius 1 is 1.06 bits per heavy atom. The molecular weight excluding hydrogens is 473 g/mol. The highest BCUT2D eigenvalue weighted by Gasteiger charge is 2.24. The fourth-order valence-corrected chi connectivity index (χ4v) is 5.26. The fraction of sp³-hybridized carbons (Fsp3) is 0.292. The van der Waals surface area contributed by atoms with E-state index in [0.717, 1.165) is 24.6 Å². The van der Waals surface area contributed by atoms with Crippen LogP contribution in [0, 0.1) is 12.7 Å². The lowest BCUT2D eigenvalue weighted by atomic mass is 9.95. The summed E-state index contributed by atoms with van der Waals surface area (Å²) in [4.78, 5) is 8.74. The number of nitrogens with one attached hydrogen (secondary N) is 2. The number of ether oxygens (including phenoxy) is 1. The van der Waals surface area contributed by atoms with Gasteiger partial charge in [0.05, 0.1) is 6.10 Å². The van der Waals surface area contributed by atoms with Crippen molar-refractivity contribution in [3.8, 4) is 17.3 Å². The number of halogens is 1. The predicted molar refractivity (Wildman–Crippen MR) is 128 cm³/mol. The molecule has 182 valence electrons. The standard InChI is InChI=1S/C24H24FN5O4S/c1-14-21-23(29-28-14)26-22(27-24(21)34-18-12-10-17(31)11-13-18)15-6-8-16(9-7-15)30-35(32,33)20-5-3-2-4-19(20)25/h2-9,17-18,30-31H,10-13H2,1H3,(H,26,27,28,29). The molecule has 0 aliphatic heterocycles. The van der Waals surface area contributed by atoms with Gasteiger partial charge in [0, 0.05) is 16.9 Å². The number of aromatic amines is 1. The molecular formula is C24H24FN5O4S. The molecule has 4 aromatic rings. The number of rotatable bonds is 6. The predicted octanol–water partition coefficient (Wildman–Crippen LogP) is 3.95. The smallest absolute Gasteiger partial charge is 0.264 e. The molecule has 5 rings (SSSR count). The number of aliphatic hydroxyl groups excluding tert-OH is 1. The zero-order valence-electron chi connectivity index (χ0n) is 18.9. The molecule has 0 spiro atoms. The summed E-state index contributed by atoms with van der Waals surface area (Å²) in [6.07, 6.45) is 2.47. The summed E-state index contributed by atoms with van der Waals surface area (Å²) in [6, 6.07) is 11.6. The van der Waals surface area contributed by atoms with Crippen molar-refractivity contribution < 1.29 is 22.7 Å². The molecule has 1 saturated carbocycles. The van der Waals surface area contributed by atoms with E-state index in [1.807, 2.05) is 6.92 Å². The van der Waals surface area contributed by atoms with Gasteiger partial charge in [0.2, 0.25) is 5.88 Å². The zero-order valence-corrected chi connectivity index (χ0v) is 19.7. The molecule has 0 atom stereocenters. The third-order valence-electron chi connectivity index (χ3n) is 6.00. The number of sulfonamides is 1. The van der Waals surface area contributed by atoms with Crippen LogP contribution in [0.25, 0.3) is 22.4 Å². The Bertz CT molecular complexity index is 1470. The van der Waals surface area contributed by atoms with E-state index in [4.69, 9.17) is 4.74 Å². The van der Waals surface area contributed by atoms with Gasteiger partial charge in [0.15, 0.2) is 11.5 Å². The molecule has 2 aromatic carbocycles. The van der Waals surface area contributed by atoms with Crippen LogP contribution in [-0.2, 0) is 10.0 Å². The second-order valence-electron chi connectivity index (χ2n) is 8.56. The molecule has 0 bridgehead atoms. The van der Waals surface area contributed by atoms with Crippen molar-refractivity contribution in [1.29, 1.82) is 0 Å². The van der Waals surface area contributed by atoms with Crippen LogP contribution in [-0.4, -0.2) is 45.9 Å². The van der Waals surface area contributed by atoms with Crippen molar-refractivity contribution in [3.05, 3.63) is 60.0 Å². The summed E-state index contributed by atoms with van der Waals surface area (Å²) in [7, 11) is -4.08. The van der Waals surface area contributed by atoms with Crippen molar-refractivity contribution in [1.82, 2.24) is 20.2 Å². The van der Waals surface area contributed by atoms with Crippen molar-refractivity contribution in [3.63, 3.8) is 0 Å². The molecule has 35 heavy (non-hydrogen) atoms. The number of nitrogens with zero attached hydrogens (tertiary/aromatic N) is 3. The van der Waals surface area contributed by atoms with Crippen molar-refractivity contribution >= 4 is 26.7 Å². The van der Waals surface area contributed by atoms with Gasteiger partial charge in [-0.1, -0.05) is 12.1 Å². The van der Waals surface area contributed by atoms with Gasteiger partial charge in [0.25, 0.3) is 10.0 Å². The summed E-state index contributed by atoms with van der Waals surface area (Å²) >= 11 is 0. The normalized spacial score (nSPS) is 18.5. The van der Waals surface area contributed by atoms with Crippen LogP contribution in [0.1, 0.15) is 31.4 Å². The lowest BCUT2D eigenvalue weighted by Crippen LogP contribution is -2.27. The van der Waals surface area contributed by atoms with E-state index >= 15 is 0 Å². The molecule has 2 heterocycles. The molecule has 0 unspecified atom stereocenters. The number of benzene rings is 2.